The van der Waals surface area contributed by atoms with Crippen LogP contribution in [-0.4, -0.2) is 17.9 Å². The molecule has 0 spiro atoms. The topological polar surface area (TPSA) is 20.3 Å². The Morgan fingerprint density at radius 1 is 1.15 bits per heavy atom. The molecule has 0 unspecified atom stereocenters. The molecule has 0 aromatic heterocycles. The maximum absolute atomic E-state index is 13.2. The Bertz CT molecular complexity index is 637. The largest absolute Gasteiger partial charge is 0.337 e. The second-order valence-corrected chi connectivity index (χ2v) is 5.11. The number of hydrogen-bond acceptors (Lipinski definition) is 1. The van der Waals surface area contributed by atoms with Gasteiger partial charge in [-0.2, -0.15) is 0 Å². The number of carbonyl (C=O) groups excluding carboxylic acids is 1. The van der Waals surface area contributed by atoms with E-state index in [4.69, 9.17) is 0 Å². The quantitative estimate of drug-likeness (QED) is 0.833. The van der Waals surface area contributed by atoms with Crippen molar-refractivity contribution in [3.05, 3.63) is 70.5 Å². The van der Waals surface area contributed by atoms with Crippen LogP contribution >= 0.6 is 0 Å². The predicted octanol–water partition coefficient (Wildman–Crippen LogP) is 3.71. The van der Waals surface area contributed by atoms with Gasteiger partial charge in [0.05, 0.1) is 0 Å². The van der Waals surface area contributed by atoms with Gasteiger partial charge in [0.2, 0.25) is 0 Å². The van der Waals surface area contributed by atoms with Crippen LogP contribution < -0.4 is 0 Å². The van der Waals surface area contributed by atoms with Crippen LogP contribution in [0.4, 0.5) is 4.39 Å². The first-order valence-electron chi connectivity index (χ1n) is 6.54. The zero-order chi connectivity index (χ0) is 14.7. The molecule has 3 heteroatoms. The second-order valence-electron chi connectivity index (χ2n) is 5.11. The number of hydrogen-bond donors (Lipinski definition) is 0. The smallest absolute Gasteiger partial charge is 0.253 e. The van der Waals surface area contributed by atoms with E-state index in [2.05, 4.69) is 6.07 Å². The lowest BCUT2D eigenvalue weighted by molar-refractivity contribution is 0.0785. The normalized spacial score (nSPS) is 10.4. The first kappa shape index (κ1) is 14.3. The molecule has 0 aliphatic carbocycles. The molecule has 0 fully saturated rings. The summed E-state index contributed by atoms with van der Waals surface area (Å²) in [5.74, 6) is -0.391. The highest BCUT2D eigenvalue weighted by Gasteiger charge is 2.13. The third-order valence-electron chi connectivity index (χ3n) is 3.25. The molecule has 0 saturated carbocycles. The van der Waals surface area contributed by atoms with E-state index in [1.54, 1.807) is 24.9 Å². The zero-order valence-electron chi connectivity index (χ0n) is 12.0. The van der Waals surface area contributed by atoms with Gasteiger partial charge in [0, 0.05) is 19.2 Å². The highest BCUT2D eigenvalue weighted by atomic mass is 19.1. The van der Waals surface area contributed by atoms with E-state index in [1.807, 2.05) is 25.1 Å². The van der Waals surface area contributed by atoms with Gasteiger partial charge in [0.15, 0.2) is 0 Å². The minimum absolute atomic E-state index is 0.102. The van der Waals surface area contributed by atoms with Gasteiger partial charge >= 0.3 is 0 Å². The third-order valence-corrected chi connectivity index (χ3v) is 3.25. The number of carbonyl (C=O) groups is 1. The molecule has 0 heterocycles. The van der Waals surface area contributed by atoms with E-state index in [0.29, 0.717) is 17.7 Å². The Hall–Kier alpha value is -2.16. The fourth-order valence-electron chi connectivity index (χ4n) is 2.15. The number of nitrogens with zero attached hydrogens (tertiary/aromatic N) is 1. The summed E-state index contributed by atoms with van der Waals surface area (Å²) in [4.78, 5) is 13.9. The fraction of sp³-hybridized carbons (Fsp3) is 0.235. The number of benzene rings is 2. The average molecular weight is 271 g/mol. The van der Waals surface area contributed by atoms with E-state index in [9.17, 15) is 9.18 Å². The van der Waals surface area contributed by atoms with Gasteiger partial charge in [-0.15, -0.1) is 0 Å². The zero-order valence-corrected chi connectivity index (χ0v) is 12.0. The SMILES string of the molecule is Cc1cccc(CN(C)C(=O)c2ccc(F)c(C)c2)c1. The van der Waals surface area contributed by atoms with Gasteiger partial charge in [0.25, 0.3) is 5.91 Å². The molecule has 0 aliphatic heterocycles. The Balaban J connectivity index is 2.14. The average Bonchev–Trinajstić information content (AvgIpc) is 2.41. The lowest BCUT2D eigenvalue weighted by Crippen LogP contribution is -2.26. The molecule has 1 amide bonds. The molecule has 0 saturated heterocycles. The number of rotatable bonds is 3. The highest BCUT2D eigenvalue weighted by Crippen LogP contribution is 2.13. The summed E-state index contributed by atoms with van der Waals surface area (Å²) >= 11 is 0. The van der Waals surface area contributed by atoms with Crippen molar-refractivity contribution in [3.8, 4) is 0 Å². The molecule has 0 N–H and O–H groups in total. The van der Waals surface area contributed by atoms with Crippen LogP contribution in [0.2, 0.25) is 0 Å². The summed E-state index contributed by atoms with van der Waals surface area (Å²) in [6.45, 7) is 4.22. The van der Waals surface area contributed by atoms with Crippen molar-refractivity contribution in [2.24, 2.45) is 0 Å². The van der Waals surface area contributed by atoms with Gasteiger partial charge in [-0.05, 0) is 43.2 Å². The van der Waals surface area contributed by atoms with Crippen LogP contribution in [0.1, 0.15) is 27.0 Å². The Labute approximate surface area is 118 Å². The van der Waals surface area contributed by atoms with Crippen molar-refractivity contribution in [1.82, 2.24) is 4.90 Å². The molecular formula is C17H18FNO. The minimum Gasteiger partial charge on any atom is -0.337 e. The first-order chi connectivity index (χ1) is 9.47. The van der Waals surface area contributed by atoms with Crippen molar-refractivity contribution < 1.29 is 9.18 Å². The van der Waals surface area contributed by atoms with Crippen LogP contribution in [-0.2, 0) is 6.54 Å². The van der Waals surface area contributed by atoms with Gasteiger partial charge in [-0.25, -0.2) is 4.39 Å². The van der Waals surface area contributed by atoms with Crippen LogP contribution in [0.3, 0.4) is 0 Å². The van der Waals surface area contributed by atoms with Crippen LogP contribution in [0.25, 0.3) is 0 Å². The summed E-state index contributed by atoms with van der Waals surface area (Å²) in [7, 11) is 1.75. The van der Waals surface area contributed by atoms with Crippen LogP contribution in [0.5, 0.6) is 0 Å². The second kappa shape index (κ2) is 5.87. The highest BCUT2D eigenvalue weighted by molar-refractivity contribution is 5.94. The van der Waals surface area contributed by atoms with Gasteiger partial charge in [-0.1, -0.05) is 29.8 Å². The monoisotopic (exact) mass is 271 g/mol. The number of halogens is 1. The first-order valence-corrected chi connectivity index (χ1v) is 6.54. The third kappa shape index (κ3) is 3.23. The molecule has 20 heavy (non-hydrogen) atoms. The van der Waals surface area contributed by atoms with Crippen molar-refractivity contribution in [2.45, 2.75) is 20.4 Å². The lowest BCUT2D eigenvalue weighted by Gasteiger charge is -2.18. The molecule has 0 atom stereocenters. The van der Waals surface area contributed by atoms with E-state index in [-0.39, 0.29) is 11.7 Å². The van der Waals surface area contributed by atoms with E-state index >= 15 is 0 Å². The predicted molar refractivity (Wildman–Crippen MR) is 78.1 cm³/mol. The Kier molecular flexibility index (Phi) is 4.18. The summed E-state index contributed by atoms with van der Waals surface area (Å²) in [5.41, 5.74) is 3.25. The molecule has 2 aromatic rings. The summed E-state index contributed by atoms with van der Waals surface area (Å²) in [6.07, 6.45) is 0. The molecule has 2 nitrogen and oxygen atoms in total. The molecular weight excluding hydrogens is 253 g/mol. The number of aryl methyl sites for hydroxylation is 2. The Morgan fingerprint density at radius 3 is 2.55 bits per heavy atom. The van der Waals surface area contributed by atoms with Crippen molar-refractivity contribution in [3.63, 3.8) is 0 Å². The van der Waals surface area contributed by atoms with Crippen molar-refractivity contribution in [2.75, 3.05) is 7.05 Å². The van der Waals surface area contributed by atoms with Gasteiger partial charge in [-0.3, -0.25) is 4.79 Å². The molecule has 104 valence electrons. The lowest BCUT2D eigenvalue weighted by atomic mass is 10.1. The van der Waals surface area contributed by atoms with E-state index in [0.717, 1.165) is 5.56 Å². The number of amides is 1. The summed E-state index contributed by atoms with van der Waals surface area (Å²) in [5, 5.41) is 0. The van der Waals surface area contributed by atoms with E-state index in [1.165, 1.54) is 17.7 Å². The molecule has 2 rings (SSSR count). The van der Waals surface area contributed by atoms with Crippen LogP contribution in [0, 0.1) is 19.7 Å². The maximum atomic E-state index is 13.2. The summed E-state index contributed by atoms with van der Waals surface area (Å²) in [6, 6.07) is 12.5. The standard InChI is InChI=1S/C17H18FNO/c1-12-5-4-6-14(9-12)11-19(3)17(20)15-7-8-16(18)13(2)10-15/h4-10H,11H2,1-3H3. The van der Waals surface area contributed by atoms with Gasteiger partial charge < -0.3 is 4.90 Å². The van der Waals surface area contributed by atoms with Crippen molar-refractivity contribution >= 4 is 5.91 Å². The Morgan fingerprint density at radius 2 is 1.90 bits per heavy atom. The fourth-order valence-corrected chi connectivity index (χ4v) is 2.15. The van der Waals surface area contributed by atoms with Crippen molar-refractivity contribution in [1.29, 1.82) is 0 Å². The molecule has 0 aliphatic rings. The molecule has 0 bridgehead atoms. The molecule has 2 aromatic carbocycles. The minimum atomic E-state index is -0.289. The van der Waals surface area contributed by atoms with E-state index < -0.39 is 0 Å². The molecule has 0 radical (unpaired) electrons. The maximum Gasteiger partial charge on any atom is 0.253 e. The summed E-state index contributed by atoms with van der Waals surface area (Å²) < 4.78 is 13.2. The van der Waals surface area contributed by atoms with Crippen LogP contribution in [0.15, 0.2) is 42.5 Å². The van der Waals surface area contributed by atoms with Gasteiger partial charge in [0.1, 0.15) is 5.82 Å².